The van der Waals surface area contributed by atoms with Crippen LogP contribution in [0.2, 0.25) is 5.02 Å². The molecule has 110 valence electrons. The van der Waals surface area contributed by atoms with Gasteiger partial charge in [-0.2, -0.15) is 0 Å². The summed E-state index contributed by atoms with van der Waals surface area (Å²) in [7, 11) is 0. The van der Waals surface area contributed by atoms with Gasteiger partial charge in [-0.3, -0.25) is 0 Å². The molecule has 0 bridgehead atoms. The summed E-state index contributed by atoms with van der Waals surface area (Å²) >= 11 is 13.9. The van der Waals surface area contributed by atoms with Gasteiger partial charge in [0.2, 0.25) is 0 Å². The van der Waals surface area contributed by atoms with Gasteiger partial charge in [-0.15, -0.1) is 22.9 Å². The van der Waals surface area contributed by atoms with E-state index in [4.69, 9.17) is 23.2 Å². The maximum atomic E-state index is 6.28. The average Bonchev–Trinajstić information content (AvgIpc) is 3.03. The molecule has 0 fully saturated rings. The number of fused-ring (bicyclic) bond motifs is 1. The molecule has 2 heterocycles. The van der Waals surface area contributed by atoms with Crippen LogP contribution in [0.25, 0.3) is 11.0 Å². The number of hydrogen-bond acceptors (Lipinski definition) is 3. The lowest BCUT2D eigenvalue weighted by molar-refractivity contribution is 0.619. The molecule has 0 amide bonds. The van der Waals surface area contributed by atoms with Gasteiger partial charge in [0.05, 0.1) is 16.6 Å². The minimum atomic E-state index is 0.116. The minimum Gasteiger partial charge on any atom is -0.318 e. The normalized spacial score (nSPS) is 13.0. The summed E-state index contributed by atoms with van der Waals surface area (Å²) in [6.45, 7) is 4.15. The van der Waals surface area contributed by atoms with Crippen molar-refractivity contribution in [3.63, 3.8) is 0 Å². The third kappa shape index (κ3) is 2.68. The number of para-hydroxylation sites is 1. The molecule has 0 saturated heterocycles. The molecule has 0 radical (unpaired) electrons. The fourth-order valence-corrected chi connectivity index (χ4v) is 3.72. The van der Waals surface area contributed by atoms with Crippen LogP contribution in [-0.4, -0.2) is 20.4 Å². The lowest BCUT2D eigenvalue weighted by atomic mass is 10.2. The summed E-state index contributed by atoms with van der Waals surface area (Å²) in [6, 6.07) is 5.98. The lowest BCUT2D eigenvalue weighted by Crippen LogP contribution is -2.11. The smallest absolute Gasteiger partial charge is 0.116 e. The highest BCUT2D eigenvalue weighted by Gasteiger charge is 2.20. The minimum absolute atomic E-state index is 0.116. The Labute approximate surface area is 137 Å². The third-order valence-corrected chi connectivity index (χ3v) is 5.07. The standard InChI is InChI=1S/C15H15Cl2N3S/c1-9-8-21-15(18-9)10(2)20-12-5-3-4-11(17)14(12)19-13(20)6-7-16/h3-5,8,10H,6-7H2,1-2H3. The van der Waals surface area contributed by atoms with Crippen molar-refractivity contribution in [2.75, 3.05) is 5.88 Å². The molecule has 3 nitrogen and oxygen atoms in total. The number of aryl methyl sites for hydroxylation is 2. The molecule has 0 aliphatic rings. The van der Waals surface area contributed by atoms with E-state index in [0.717, 1.165) is 27.6 Å². The number of alkyl halides is 1. The number of thiazole rings is 1. The van der Waals surface area contributed by atoms with Gasteiger partial charge in [0.1, 0.15) is 16.3 Å². The van der Waals surface area contributed by atoms with E-state index in [2.05, 4.69) is 26.8 Å². The monoisotopic (exact) mass is 339 g/mol. The average molecular weight is 340 g/mol. The third-order valence-electron chi connectivity index (χ3n) is 3.44. The Kier molecular flexibility index (Phi) is 4.20. The number of aromatic nitrogens is 3. The van der Waals surface area contributed by atoms with Crippen LogP contribution in [0.3, 0.4) is 0 Å². The lowest BCUT2D eigenvalue weighted by Gasteiger charge is -2.15. The summed E-state index contributed by atoms with van der Waals surface area (Å²) in [4.78, 5) is 9.28. The molecule has 0 spiro atoms. The van der Waals surface area contributed by atoms with Crippen molar-refractivity contribution < 1.29 is 0 Å². The fraction of sp³-hybridized carbons (Fsp3) is 0.333. The molecule has 0 saturated carbocycles. The van der Waals surface area contributed by atoms with E-state index in [-0.39, 0.29) is 6.04 Å². The van der Waals surface area contributed by atoms with E-state index in [1.54, 1.807) is 11.3 Å². The van der Waals surface area contributed by atoms with Gasteiger partial charge >= 0.3 is 0 Å². The Morgan fingerprint density at radius 1 is 1.33 bits per heavy atom. The van der Waals surface area contributed by atoms with Crippen LogP contribution in [0.15, 0.2) is 23.6 Å². The zero-order chi connectivity index (χ0) is 15.0. The maximum absolute atomic E-state index is 6.28. The topological polar surface area (TPSA) is 30.7 Å². The summed E-state index contributed by atoms with van der Waals surface area (Å²) in [5.41, 5.74) is 2.91. The van der Waals surface area contributed by atoms with Crippen molar-refractivity contribution in [2.45, 2.75) is 26.3 Å². The van der Waals surface area contributed by atoms with Crippen LogP contribution in [0.5, 0.6) is 0 Å². The zero-order valence-electron chi connectivity index (χ0n) is 11.8. The Balaban J connectivity index is 2.19. The second-order valence-corrected chi connectivity index (χ2v) is 6.62. The van der Waals surface area contributed by atoms with Gasteiger partial charge < -0.3 is 4.57 Å². The fourth-order valence-electron chi connectivity index (χ4n) is 2.50. The number of benzene rings is 1. The van der Waals surface area contributed by atoms with Crippen molar-refractivity contribution in [2.24, 2.45) is 0 Å². The van der Waals surface area contributed by atoms with E-state index >= 15 is 0 Å². The predicted molar refractivity (Wildman–Crippen MR) is 89.8 cm³/mol. The Hall–Kier alpha value is -1.10. The molecule has 1 aromatic carbocycles. The van der Waals surface area contributed by atoms with E-state index < -0.39 is 0 Å². The van der Waals surface area contributed by atoms with E-state index in [9.17, 15) is 0 Å². The zero-order valence-corrected chi connectivity index (χ0v) is 14.1. The highest BCUT2D eigenvalue weighted by Crippen LogP contribution is 2.31. The van der Waals surface area contributed by atoms with Crippen molar-refractivity contribution in [1.29, 1.82) is 0 Å². The largest absolute Gasteiger partial charge is 0.318 e. The molecule has 0 aliphatic heterocycles. The number of rotatable bonds is 4. The van der Waals surface area contributed by atoms with Crippen LogP contribution in [-0.2, 0) is 6.42 Å². The van der Waals surface area contributed by atoms with E-state index in [1.165, 1.54) is 0 Å². The number of hydrogen-bond donors (Lipinski definition) is 0. The second kappa shape index (κ2) is 5.95. The summed E-state index contributed by atoms with van der Waals surface area (Å²) in [6.07, 6.45) is 0.710. The Morgan fingerprint density at radius 3 is 2.81 bits per heavy atom. The highest BCUT2D eigenvalue weighted by atomic mass is 35.5. The maximum Gasteiger partial charge on any atom is 0.116 e. The van der Waals surface area contributed by atoms with Crippen LogP contribution < -0.4 is 0 Å². The van der Waals surface area contributed by atoms with Gasteiger partial charge in [-0.25, -0.2) is 9.97 Å². The second-order valence-electron chi connectivity index (χ2n) is 4.95. The van der Waals surface area contributed by atoms with Crippen molar-refractivity contribution in [1.82, 2.24) is 14.5 Å². The number of halogens is 2. The van der Waals surface area contributed by atoms with E-state index in [1.807, 2.05) is 25.1 Å². The van der Waals surface area contributed by atoms with Gasteiger partial charge in [0.15, 0.2) is 0 Å². The van der Waals surface area contributed by atoms with Crippen LogP contribution in [0.4, 0.5) is 0 Å². The predicted octanol–water partition coefficient (Wildman–Crippen LogP) is 4.85. The number of imidazole rings is 1. The van der Waals surface area contributed by atoms with Gasteiger partial charge in [-0.1, -0.05) is 17.7 Å². The van der Waals surface area contributed by atoms with Crippen molar-refractivity contribution >= 4 is 45.6 Å². The SMILES string of the molecule is Cc1csc(C(C)n2c(CCCl)nc3c(Cl)cccc32)n1. The van der Waals surface area contributed by atoms with Crippen molar-refractivity contribution in [3.8, 4) is 0 Å². The first kappa shape index (κ1) is 14.8. The molecule has 3 aromatic rings. The van der Waals surface area contributed by atoms with Crippen LogP contribution in [0, 0.1) is 6.92 Å². The summed E-state index contributed by atoms with van der Waals surface area (Å²) in [5, 5.41) is 3.81. The molecular formula is C15H15Cl2N3S. The molecule has 0 N–H and O–H groups in total. The van der Waals surface area contributed by atoms with Crippen LogP contribution in [0.1, 0.15) is 29.5 Å². The molecule has 0 aliphatic carbocycles. The molecule has 6 heteroatoms. The Morgan fingerprint density at radius 2 is 2.14 bits per heavy atom. The highest BCUT2D eigenvalue weighted by molar-refractivity contribution is 7.09. The summed E-state index contributed by atoms with van der Waals surface area (Å²) < 4.78 is 2.20. The number of nitrogens with zero attached hydrogens (tertiary/aromatic N) is 3. The quantitative estimate of drug-likeness (QED) is 0.636. The summed E-state index contributed by atoms with van der Waals surface area (Å²) in [5.74, 6) is 1.48. The van der Waals surface area contributed by atoms with Gasteiger partial charge in [0, 0.05) is 23.4 Å². The Bertz CT molecular complexity index is 778. The first-order valence-corrected chi connectivity index (χ1v) is 8.54. The van der Waals surface area contributed by atoms with Gasteiger partial charge in [-0.05, 0) is 26.0 Å². The first-order chi connectivity index (χ1) is 10.1. The molecular weight excluding hydrogens is 325 g/mol. The van der Waals surface area contributed by atoms with Crippen LogP contribution >= 0.6 is 34.5 Å². The van der Waals surface area contributed by atoms with Crippen molar-refractivity contribution in [3.05, 3.63) is 45.1 Å². The molecule has 21 heavy (non-hydrogen) atoms. The molecule has 2 aromatic heterocycles. The molecule has 1 atom stereocenters. The molecule has 3 rings (SSSR count). The van der Waals surface area contributed by atoms with Gasteiger partial charge in [0.25, 0.3) is 0 Å². The van der Waals surface area contributed by atoms with E-state index in [0.29, 0.717) is 17.3 Å². The first-order valence-electron chi connectivity index (χ1n) is 6.75. The molecule has 1 unspecified atom stereocenters.